The third-order valence-corrected chi connectivity index (χ3v) is 1.94. The summed E-state index contributed by atoms with van der Waals surface area (Å²) in [5.41, 5.74) is 0. The zero-order valence-electron chi connectivity index (χ0n) is 7.56. The molecule has 1 fully saturated rings. The lowest BCUT2D eigenvalue weighted by Crippen LogP contribution is -2.42. The van der Waals surface area contributed by atoms with Crippen molar-refractivity contribution < 1.29 is 19.1 Å². The monoisotopic (exact) mass is 187 g/mol. The fraction of sp³-hybridized carbons (Fsp3) is 0.750. The quantitative estimate of drug-likeness (QED) is 0.437. The summed E-state index contributed by atoms with van der Waals surface area (Å²) in [5, 5.41) is 0. The molecule has 0 N–H and O–H groups in total. The molecule has 0 aromatic heterocycles. The predicted octanol–water partition coefficient (Wildman–Crippen LogP) is -0.593. The molecular weight excluding hydrogens is 174 g/mol. The third-order valence-electron chi connectivity index (χ3n) is 1.94. The molecule has 0 spiro atoms. The second kappa shape index (κ2) is 4.81. The van der Waals surface area contributed by atoms with Gasteiger partial charge in [0.25, 0.3) is 0 Å². The predicted molar refractivity (Wildman–Crippen MR) is 44.0 cm³/mol. The van der Waals surface area contributed by atoms with Gasteiger partial charge < -0.3 is 14.4 Å². The number of amides is 1. The number of ether oxygens (including phenoxy) is 2. The zero-order chi connectivity index (χ0) is 9.68. The lowest BCUT2D eigenvalue weighted by Gasteiger charge is -2.29. The molecule has 1 heterocycles. The van der Waals surface area contributed by atoms with Crippen molar-refractivity contribution in [3.05, 3.63) is 0 Å². The second-order valence-electron chi connectivity index (χ2n) is 2.87. The zero-order valence-corrected chi connectivity index (χ0v) is 7.56. The number of morpholine rings is 1. The van der Waals surface area contributed by atoms with E-state index in [-0.39, 0.29) is 18.5 Å². The van der Waals surface area contributed by atoms with Gasteiger partial charge in [-0.3, -0.25) is 9.59 Å². The number of rotatable bonds is 3. The van der Waals surface area contributed by atoms with Crippen molar-refractivity contribution in [3.63, 3.8) is 0 Å². The first-order valence-corrected chi connectivity index (χ1v) is 4.14. The molecule has 0 aromatic carbocycles. The van der Waals surface area contributed by atoms with Crippen LogP contribution in [-0.2, 0) is 19.1 Å². The van der Waals surface area contributed by atoms with Gasteiger partial charge in [-0.05, 0) is 0 Å². The van der Waals surface area contributed by atoms with Gasteiger partial charge in [0, 0.05) is 13.1 Å². The van der Waals surface area contributed by atoms with Gasteiger partial charge in [0.15, 0.2) is 0 Å². The summed E-state index contributed by atoms with van der Waals surface area (Å²) in [6.07, 6.45) is 0.764. The molecule has 5 heteroatoms. The Hall–Kier alpha value is -1.10. The van der Waals surface area contributed by atoms with Crippen molar-refractivity contribution in [1.29, 1.82) is 0 Å². The van der Waals surface area contributed by atoms with Crippen LogP contribution in [0.25, 0.3) is 0 Å². The van der Waals surface area contributed by atoms with Gasteiger partial charge >= 0.3 is 5.97 Å². The summed E-state index contributed by atoms with van der Waals surface area (Å²) in [4.78, 5) is 22.9. The lowest BCUT2D eigenvalue weighted by atomic mass is 10.2. The van der Waals surface area contributed by atoms with Gasteiger partial charge in [-0.25, -0.2) is 0 Å². The summed E-state index contributed by atoms with van der Waals surface area (Å²) in [7, 11) is 1.34. The van der Waals surface area contributed by atoms with Crippen molar-refractivity contribution in [2.75, 3.05) is 26.8 Å². The summed E-state index contributed by atoms with van der Waals surface area (Å²) in [5.74, 6) is -0.308. The summed E-state index contributed by atoms with van der Waals surface area (Å²) in [6, 6.07) is 0. The van der Waals surface area contributed by atoms with Gasteiger partial charge in [0.05, 0.1) is 26.2 Å². The van der Waals surface area contributed by atoms with E-state index in [4.69, 9.17) is 4.74 Å². The van der Waals surface area contributed by atoms with Crippen molar-refractivity contribution in [1.82, 2.24) is 4.90 Å². The number of nitrogens with zero attached hydrogens (tertiary/aromatic N) is 1. The van der Waals surface area contributed by atoms with Crippen LogP contribution in [-0.4, -0.2) is 50.2 Å². The molecule has 74 valence electrons. The van der Waals surface area contributed by atoms with Crippen LogP contribution in [0.2, 0.25) is 0 Å². The van der Waals surface area contributed by atoms with Crippen LogP contribution in [0.4, 0.5) is 0 Å². The highest BCUT2D eigenvalue weighted by molar-refractivity contribution is 5.69. The van der Waals surface area contributed by atoms with Gasteiger partial charge in [-0.15, -0.1) is 0 Å². The smallest absolute Gasteiger partial charge is 0.308 e. The highest BCUT2D eigenvalue weighted by atomic mass is 16.5. The third kappa shape index (κ3) is 3.02. The SMILES string of the molecule is COC(=O)CC1CN(C=O)CCO1. The van der Waals surface area contributed by atoms with E-state index in [2.05, 4.69) is 4.74 Å². The summed E-state index contributed by atoms with van der Waals surface area (Å²) in [6.45, 7) is 1.56. The van der Waals surface area contributed by atoms with Gasteiger partial charge in [0.1, 0.15) is 0 Å². The molecule has 1 saturated heterocycles. The van der Waals surface area contributed by atoms with Crippen molar-refractivity contribution in [2.24, 2.45) is 0 Å². The van der Waals surface area contributed by atoms with Gasteiger partial charge in [-0.2, -0.15) is 0 Å². The molecule has 1 aliphatic rings. The maximum atomic E-state index is 10.9. The molecule has 1 rings (SSSR count). The Kier molecular flexibility index (Phi) is 3.70. The number of carbonyl (C=O) groups is 2. The summed E-state index contributed by atoms with van der Waals surface area (Å²) < 4.78 is 9.78. The standard InChI is InChI=1S/C8H13NO4/c1-12-8(11)4-7-5-9(6-10)2-3-13-7/h6-7H,2-5H2,1H3. The topological polar surface area (TPSA) is 55.8 Å². The fourth-order valence-electron chi connectivity index (χ4n) is 1.23. The fourth-order valence-corrected chi connectivity index (χ4v) is 1.23. The number of methoxy groups -OCH3 is 1. The second-order valence-corrected chi connectivity index (χ2v) is 2.87. The van der Waals surface area contributed by atoms with E-state index in [1.807, 2.05) is 0 Å². The van der Waals surface area contributed by atoms with E-state index >= 15 is 0 Å². The first-order valence-electron chi connectivity index (χ1n) is 4.14. The minimum Gasteiger partial charge on any atom is -0.469 e. The van der Waals surface area contributed by atoms with Crippen LogP contribution in [0, 0.1) is 0 Å². The average Bonchev–Trinajstić information content (AvgIpc) is 2.18. The molecule has 0 aliphatic carbocycles. The molecule has 0 aromatic rings. The Morgan fingerprint density at radius 1 is 1.77 bits per heavy atom. The van der Waals surface area contributed by atoms with Crippen molar-refractivity contribution in [2.45, 2.75) is 12.5 Å². The maximum Gasteiger partial charge on any atom is 0.308 e. The number of hydrogen-bond donors (Lipinski definition) is 0. The van der Waals surface area contributed by atoms with E-state index in [9.17, 15) is 9.59 Å². The van der Waals surface area contributed by atoms with Crippen LogP contribution >= 0.6 is 0 Å². The van der Waals surface area contributed by atoms with E-state index < -0.39 is 0 Å². The van der Waals surface area contributed by atoms with Gasteiger partial charge in [0.2, 0.25) is 6.41 Å². The Morgan fingerprint density at radius 3 is 3.15 bits per heavy atom. The Labute approximate surface area is 76.6 Å². The molecular formula is C8H13NO4. The van der Waals surface area contributed by atoms with E-state index in [0.29, 0.717) is 19.7 Å². The summed E-state index contributed by atoms with van der Waals surface area (Å²) >= 11 is 0. The molecule has 0 bridgehead atoms. The van der Waals surface area contributed by atoms with Crippen LogP contribution in [0.15, 0.2) is 0 Å². The van der Waals surface area contributed by atoms with E-state index in [0.717, 1.165) is 6.41 Å². The van der Waals surface area contributed by atoms with Crippen LogP contribution < -0.4 is 0 Å². The normalized spacial score (nSPS) is 22.5. The Bertz CT molecular complexity index is 195. The molecule has 1 unspecified atom stereocenters. The van der Waals surface area contributed by atoms with Crippen LogP contribution in [0.5, 0.6) is 0 Å². The van der Waals surface area contributed by atoms with Gasteiger partial charge in [-0.1, -0.05) is 0 Å². The average molecular weight is 187 g/mol. The number of carbonyl (C=O) groups excluding carboxylic acids is 2. The molecule has 0 radical (unpaired) electrons. The first kappa shape index (κ1) is 9.98. The Morgan fingerprint density at radius 2 is 2.54 bits per heavy atom. The largest absolute Gasteiger partial charge is 0.469 e. The lowest BCUT2D eigenvalue weighted by molar-refractivity contribution is -0.147. The molecule has 1 aliphatic heterocycles. The molecule has 13 heavy (non-hydrogen) atoms. The maximum absolute atomic E-state index is 10.9. The Balaban J connectivity index is 2.33. The molecule has 1 atom stereocenters. The molecule has 0 saturated carbocycles. The van der Waals surface area contributed by atoms with E-state index in [1.165, 1.54) is 7.11 Å². The molecule has 5 nitrogen and oxygen atoms in total. The first-order chi connectivity index (χ1) is 6.26. The minimum absolute atomic E-state index is 0.209. The van der Waals surface area contributed by atoms with Crippen LogP contribution in [0.3, 0.4) is 0 Å². The molecule has 1 amide bonds. The highest BCUT2D eigenvalue weighted by Crippen LogP contribution is 2.07. The minimum atomic E-state index is -0.308. The van der Waals surface area contributed by atoms with Crippen molar-refractivity contribution >= 4 is 12.4 Å². The van der Waals surface area contributed by atoms with Crippen molar-refractivity contribution in [3.8, 4) is 0 Å². The number of esters is 1. The highest BCUT2D eigenvalue weighted by Gasteiger charge is 2.21. The van der Waals surface area contributed by atoms with E-state index in [1.54, 1.807) is 4.90 Å². The van der Waals surface area contributed by atoms with Crippen LogP contribution in [0.1, 0.15) is 6.42 Å². The number of hydrogen-bond acceptors (Lipinski definition) is 4.